The van der Waals surface area contributed by atoms with Crippen molar-refractivity contribution >= 4 is 15.9 Å². The van der Waals surface area contributed by atoms with Gasteiger partial charge in [-0.2, -0.15) is 0 Å². The molecule has 2 bridgehead atoms. The number of halogens is 1. The zero-order valence-electron chi connectivity index (χ0n) is 20.1. The SMILES string of the molecule is CC1C=C2CC(CCC23c2ccccc2-c2cc(-c4ccc(-c5ccccc5Br)cc4)ccc23)C1. The Balaban J connectivity index is 1.34. The summed E-state index contributed by atoms with van der Waals surface area (Å²) in [5, 5.41) is 0. The van der Waals surface area contributed by atoms with Crippen molar-refractivity contribution in [1.82, 2.24) is 0 Å². The van der Waals surface area contributed by atoms with Crippen molar-refractivity contribution in [1.29, 1.82) is 0 Å². The van der Waals surface area contributed by atoms with Gasteiger partial charge in [0.1, 0.15) is 0 Å². The van der Waals surface area contributed by atoms with Crippen LogP contribution in [0.2, 0.25) is 0 Å². The summed E-state index contributed by atoms with van der Waals surface area (Å²) in [6.07, 6.45) is 7.85. The van der Waals surface area contributed by atoms with Gasteiger partial charge in [0.15, 0.2) is 0 Å². The monoisotopic (exact) mass is 516 g/mol. The smallest absolute Gasteiger partial charge is 0.0423 e. The van der Waals surface area contributed by atoms with Crippen LogP contribution in [0.5, 0.6) is 0 Å². The maximum absolute atomic E-state index is 3.70. The van der Waals surface area contributed by atoms with Crippen molar-refractivity contribution in [3.8, 4) is 33.4 Å². The molecular weight excluding hydrogens is 488 g/mol. The van der Waals surface area contributed by atoms with Gasteiger partial charge in [-0.15, -0.1) is 0 Å². The van der Waals surface area contributed by atoms with E-state index in [0.29, 0.717) is 5.92 Å². The third-order valence-electron chi connectivity index (χ3n) is 8.73. The minimum atomic E-state index is 0.0824. The first-order valence-electron chi connectivity index (χ1n) is 12.9. The molecule has 1 saturated carbocycles. The predicted molar refractivity (Wildman–Crippen MR) is 150 cm³/mol. The zero-order valence-corrected chi connectivity index (χ0v) is 21.7. The molecule has 0 nitrogen and oxygen atoms in total. The molecule has 7 rings (SSSR count). The molecule has 1 heteroatoms. The molecule has 4 aromatic carbocycles. The second-order valence-electron chi connectivity index (χ2n) is 10.8. The Bertz CT molecular complexity index is 1470. The van der Waals surface area contributed by atoms with E-state index < -0.39 is 0 Å². The van der Waals surface area contributed by atoms with Crippen LogP contribution in [0, 0.1) is 11.8 Å². The summed E-state index contributed by atoms with van der Waals surface area (Å²) in [7, 11) is 0. The molecule has 0 radical (unpaired) electrons. The van der Waals surface area contributed by atoms with Gasteiger partial charge in [0.25, 0.3) is 0 Å². The summed E-state index contributed by atoms with van der Waals surface area (Å²) in [5.41, 5.74) is 12.8. The van der Waals surface area contributed by atoms with Crippen molar-refractivity contribution < 1.29 is 0 Å². The molecule has 0 aromatic heterocycles. The van der Waals surface area contributed by atoms with E-state index in [1.807, 2.05) is 0 Å². The lowest BCUT2D eigenvalue weighted by Gasteiger charge is -2.45. The molecule has 1 spiro atoms. The Labute approximate surface area is 216 Å². The summed E-state index contributed by atoms with van der Waals surface area (Å²) < 4.78 is 1.13. The van der Waals surface area contributed by atoms with Crippen LogP contribution in [0.15, 0.2) is 107 Å². The predicted octanol–water partition coefficient (Wildman–Crippen LogP) is 9.82. The number of fused-ring (bicyclic) bond motifs is 8. The number of hydrogen-bond acceptors (Lipinski definition) is 0. The van der Waals surface area contributed by atoms with Gasteiger partial charge in [-0.25, -0.2) is 0 Å². The molecule has 172 valence electrons. The van der Waals surface area contributed by atoms with Crippen LogP contribution in [0.4, 0.5) is 0 Å². The van der Waals surface area contributed by atoms with Gasteiger partial charge in [0, 0.05) is 9.89 Å². The van der Waals surface area contributed by atoms with Crippen LogP contribution in [0.3, 0.4) is 0 Å². The van der Waals surface area contributed by atoms with Crippen molar-refractivity contribution in [2.45, 2.75) is 38.0 Å². The average molecular weight is 518 g/mol. The van der Waals surface area contributed by atoms with Crippen LogP contribution in [0.1, 0.15) is 43.7 Å². The van der Waals surface area contributed by atoms with Crippen LogP contribution in [0.25, 0.3) is 33.4 Å². The number of rotatable bonds is 2. The lowest BCUT2D eigenvalue weighted by Crippen LogP contribution is -2.36. The van der Waals surface area contributed by atoms with Crippen molar-refractivity contribution in [3.05, 3.63) is 118 Å². The Morgan fingerprint density at radius 1 is 0.714 bits per heavy atom. The van der Waals surface area contributed by atoms with Gasteiger partial charge in [-0.3, -0.25) is 0 Å². The molecule has 0 aliphatic heterocycles. The Morgan fingerprint density at radius 3 is 2.23 bits per heavy atom. The van der Waals surface area contributed by atoms with Gasteiger partial charge in [0.2, 0.25) is 0 Å². The highest BCUT2D eigenvalue weighted by Gasteiger charge is 2.49. The quantitative estimate of drug-likeness (QED) is 0.232. The van der Waals surface area contributed by atoms with Gasteiger partial charge in [-0.05, 0) is 94.2 Å². The van der Waals surface area contributed by atoms with E-state index in [-0.39, 0.29) is 5.41 Å². The molecular formula is C34H29Br. The van der Waals surface area contributed by atoms with Crippen LogP contribution in [-0.2, 0) is 5.41 Å². The van der Waals surface area contributed by atoms with Gasteiger partial charge >= 0.3 is 0 Å². The van der Waals surface area contributed by atoms with E-state index in [4.69, 9.17) is 0 Å². The fourth-order valence-electron chi connectivity index (χ4n) is 7.22. The fourth-order valence-corrected chi connectivity index (χ4v) is 7.74. The van der Waals surface area contributed by atoms with Crippen LogP contribution < -0.4 is 0 Å². The standard InChI is InChI=1S/C34H29Br/c1-22-18-23-16-17-34(27(19-22)20-23)31-8-4-2-7-29(31)30-21-26(14-15-32(30)34)24-10-12-25(13-11-24)28-6-3-5-9-33(28)35/h2-15,19,21-23H,16-18,20H2,1H3. The third-order valence-corrected chi connectivity index (χ3v) is 9.43. The molecule has 0 N–H and O–H groups in total. The molecule has 4 aromatic rings. The van der Waals surface area contributed by atoms with Crippen LogP contribution >= 0.6 is 15.9 Å². The largest absolute Gasteiger partial charge is 0.0812 e. The summed E-state index contributed by atoms with van der Waals surface area (Å²) in [6.45, 7) is 2.41. The molecule has 0 saturated heterocycles. The molecule has 3 unspecified atom stereocenters. The molecule has 35 heavy (non-hydrogen) atoms. The van der Waals surface area contributed by atoms with E-state index in [1.54, 1.807) is 5.57 Å². The van der Waals surface area contributed by atoms with Crippen molar-refractivity contribution in [2.75, 3.05) is 0 Å². The molecule has 3 aliphatic carbocycles. The fraction of sp³-hybridized carbons (Fsp3) is 0.235. The van der Waals surface area contributed by atoms with E-state index >= 15 is 0 Å². The highest BCUT2D eigenvalue weighted by Crippen LogP contribution is 2.60. The lowest BCUT2D eigenvalue weighted by atomic mass is 9.58. The summed E-state index contributed by atoms with van der Waals surface area (Å²) in [4.78, 5) is 0. The number of benzene rings is 4. The average Bonchev–Trinajstić information content (AvgIpc) is 3.17. The van der Waals surface area contributed by atoms with Gasteiger partial charge in [0.05, 0.1) is 0 Å². The Morgan fingerprint density at radius 2 is 1.40 bits per heavy atom. The molecule has 3 atom stereocenters. The van der Waals surface area contributed by atoms with Gasteiger partial charge < -0.3 is 0 Å². The minimum Gasteiger partial charge on any atom is -0.0812 e. The number of allylic oxidation sites excluding steroid dienone is 2. The van der Waals surface area contributed by atoms with E-state index in [2.05, 4.69) is 120 Å². The highest BCUT2D eigenvalue weighted by atomic mass is 79.9. The molecule has 1 fully saturated rings. The van der Waals surface area contributed by atoms with Crippen LogP contribution in [-0.4, -0.2) is 0 Å². The maximum Gasteiger partial charge on any atom is 0.0423 e. The first-order chi connectivity index (χ1) is 17.1. The zero-order chi connectivity index (χ0) is 23.6. The van der Waals surface area contributed by atoms with Crippen molar-refractivity contribution in [3.63, 3.8) is 0 Å². The van der Waals surface area contributed by atoms with Gasteiger partial charge in [-0.1, -0.05) is 113 Å². The lowest BCUT2D eigenvalue weighted by molar-refractivity contribution is 0.284. The summed E-state index contributed by atoms with van der Waals surface area (Å²) in [6, 6.07) is 33.9. The van der Waals surface area contributed by atoms with Crippen molar-refractivity contribution in [2.24, 2.45) is 11.8 Å². The Kier molecular flexibility index (Phi) is 4.93. The maximum atomic E-state index is 3.70. The summed E-state index contributed by atoms with van der Waals surface area (Å²) >= 11 is 3.70. The highest BCUT2D eigenvalue weighted by molar-refractivity contribution is 9.10. The van der Waals surface area contributed by atoms with E-state index in [1.165, 1.54) is 70.2 Å². The molecule has 0 amide bonds. The first kappa shape index (κ1) is 21.4. The third kappa shape index (κ3) is 3.24. The molecule has 0 heterocycles. The Hall–Kier alpha value is -2.90. The second-order valence-corrected chi connectivity index (χ2v) is 11.6. The second kappa shape index (κ2) is 8.07. The summed E-state index contributed by atoms with van der Waals surface area (Å²) in [5.74, 6) is 1.56. The molecule has 3 aliphatic rings. The topological polar surface area (TPSA) is 0 Å². The first-order valence-corrected chi connectivity index (χ1v) is 13.7. The van der Waals surface area contributed by atoms with E-state index in [0.717, 1.165) is 10.4 Å². The van der Waals surface area contributed by atoms with E-state index in [9.17, 15) is 0 Å². The normalized spacial score (nSPS) is 24.1. The number of hydrogen-bond donors (Lipinski definition) is 0. The minimum absolute atomic E-state index is 0.0824.